The Kier molecular flexibility index (Phi) is 14.2. The van der Waals surface area contributed by atoms with Gasteiger partial charge in [-0.1, -0.05) is 70.0 Å². The van der Waals surface area contributed by atoms with Crippen LogP contribution in [0.15, 0.2) is 48.6 Å². The van der Waals surface area contributed by atoms with Gasteiger partial charge in [0.25, 0.3) is 0 Å². The molecule has 2 aliphatic carbocycles. The van der Waals surface area contributed by atoms with Crippen LogP contribution in [0.2, 0.25) is 0 Å². The Hall–Kier alpha value is -2.40. The molecule has 5 heteroatoms. The second-order valence-electron chi connectivity index (χ2n) is 12.8. The fourth-order valence-corrected chi connectivity index (χ4v) is 6.83. The van der Waals surface area contributed by atoms with E-state index >= 15 is 0 Å². The SMILES string of the molecule is C=C(C)C(=O)OCC(COC(=O)C(=C)CO)C1CCC(C2CCC(CCc3ccc(CCCCC)cc3)CC2)CC1. The highest BCUT2D eigenvalue weighted by atomic mass is 16.5. The van der Waals surface area contributed by atoms with Crippen LogP contribution in [-0.4, -0.2) is 36.9 Å². The van der Waals surface area contributed by atoms with Crippen LogP contribution in [0, 0.1) is 29.6 Å². The summed E-state index contributed by atoms with van der Waals surface area (Å²) in [5.41, 5.74) is 3.37. The van der Waals surface area contributed by atoms with E-state index < -0.39 is 18.5 Å². The van der Waals surface area contributed by atoms with Gasteiger partial charge in [-0.25, -0.2) is 9.59 Å². The summed E-state index contributed by atoms with van der Waals surface area (Å²) in [5, 5.41) is 9.17. The molecule has 0 aromatic heterocycles. The van der Waals surface area contributed by atoms with Crippen LogP contribution in [0.4, 0.5) is 0 Å². The molecule has 0 aliphatic heterocycles. The maximum Gasteiger partial charge on any atom is 0.335 e. The van der Waals surface area contributed by atoms with Gasteiger partial charge in [0.1, 0.15) is 0 Å². The molecule has 1 unspecified atom stereocenters. The first kappa shape index (κ1) is 33.1. The van der Waals surface area contributed by atoms with Crippen molar-refractivity contribution in [2.75, 3.05) is 19.8 Å². The number of esters is 2. The van der Waals surface area contributed by atoms with Gasteiger partial charge in [-0.05, 0) is 106 Å². The van der Waals surface area contributed by atoms with Crippen LogP contribution in [0.5, 0.6) is 0 Å². The van der Waals surface area contributed by atoms with Gasteiger partial charge in [-0.15, -0.1) is 0 Å². The number of aliphatic hydroxyl groups excluding tert-OH is 1. The van der Waals surface area contributed by atoms with Gasteiger partial charge in [0.2, 0.25) is 0 Å². The van der Waals surface area contributed by atoms with Crippen molar-refractivity contribution >= 4 is 11.9 Å². The summed E-state index contributed by atoms with van der Waals surface area (Å²) in [4.78, 5) is 24.1. The van der Waals surface area contributed by atoms with Crippen LogP contribution in [0.3, 0.4) is 0 Å². The molecule has 2 aliphatic rings. The molecule has 2 saturated carbocycles. The Morgan fingerprint density at radius 2 is 1.37 bits per heavy atom. The molecule has 0 radical (unpaired) electrons. The highest BCUT2D eigenvalue weighted by Gasteiger charge is 2.34. The molecule has 1 aromatic rings. The Morgan fingerprint density at radius 1 is 0.829 bits per heavy atom. The van der Waals surface area contributed by atoms with E-state index in [1.807, 2.05) is 0 Å². The summed E-state index contributed by atoms with van der Waals surface area (Å²) >= 11 is 0. The standard InChI is InChI=1S/C36H54O5/c1-5-6-7-8-28-9-11-29(12-10-28)13-14-30-15-17-31(18-16-30)32-19-21-33(22-20-32)34(24-40-35(38)26(2)3)25-41-36(39)27(4)23-37/h9-12,30-34,37H,2,4-8,13-25H2,1,3H3. The minimum Gasteiger partial charge on any atom is -0.462 e. The summed E-state index contributed by atoms with van der Waals surface area (Å²) in [6.45, 7) is 11.1. The van der Waals surface area contributed by atoms with Crippen LogP contribution < -0.4 is 0 Å². The lowest BCUT2D eigenvalue weighted by Gasteiger charge is -2.39. The molecule has 0 bridgehead atoms. The minimum absolute atomic E-state index is 0.0395. The molecule has 0 spiro atoms. The Labute approximate surface area is 248 Å². The molecule has 228 valence electrons. The number of unbranched alkanes of at least 4 members (excludes halogenated alkanes) is 2. The molecule has 5 nitrogen and oxygen atoms in total. The number of benzene rings is 1. The molecule has 0 amide bonds. The predicted octanol–water partition coefficient (Wildman–Crippen LogP) is 7.79. The van der Waals surface area contributed by atoms with E-state index in [2.05, 4.69) is 44.3 Å². The van der Waals surface area contributed by atoms with Crippen molar-refractivity contribution in [1.82, 2.24) is 0 Å². The molecular formula is C36H54O5. The molecule has 1 aromatic carbocycles. The van der Waals surface area contributed by atoms with Crippen molar-refractivity contribution in [3.8, 4) is 0 Å². The third kappa shape index (κ3) is 11.1. The Balaban J connectivity index is 1.40. The summed E-state index contributed by atoms with van der Waals surface area (Å²) in [7, 11) is 0. The van der Waals surface area contributed by atoms with Gasteiger partial charge < -0.3 is 14.6 Å². The number of hydrogen-bond acceptors (Lipinski definition) is 5. The number of aryl methyl sites for hydroxylation is 2. The summed E-state index contributed by atoms with van der Waals surface area (Å²) < 4.78 is 10.9. The first-order valence-corrected chi connectivity index (χ1v) is 16.2. The number of hydrogen-bond donors (Lipinski definition) is 1. The Morgan fingerprint density at radius 3 is 1.90 bits per heavy atom. The van der Waals surface area contributed by atoms with Gasteiger partial charge in [0.15, 0.2) is 0 Å². The van der Waals surface area contributed by atoms with Crippen LogP contribution >= 0.6 is 0 Å². The van der Waals surface area contributed by atoms with Crippen LogP contribution in [0.1, 0.15) is 102 Å². The zero-order chi connectivity index (χ0) is 29.6. The van der Waals surface area contributed by atoms with E-state index in [1.165, 1.54) is 88.2 Å². The largest absolute Gasteiger partial charge is 0.462 e. The van der Waals surface area contributed by atoms with E-state index in [9.17, 15) is 9.59 Å². The second kappa shape index (κ2) is 17.5. The third-order valence-corrected chi connectivity index (χ3v) is 9.66. The van der Waals surface area contributed by atoms with E-state index in [0.29, 0.717) is 11.5 Å². The molecule has 41 heavy (non-hydrogen) atoms. The molecule has 2 fully saturated rings. The number of aliphatic hydroxyl groups is 1. The van der Waals surface area contributed by atoms with E-state index in [4.69, 9.17) is 14.6 Å². The van der Waals surface area contributed by atoms with Crippen molar-refractivity contribution in [2.45, 2.75) is 104 Å². The van der Waals surface area contributed by atoms with Crippen LogP contribution in [-0.2, 0) is 31.9 Å². The quantitative estimate of drug-likeness (QED) is 0.126. The summed E-state index contributed by atoms with van der Waals surface area (Å²) in [6.07, 6.45) is 17.5. The average molecular weight is 567 g/mol. The molecule has 1 atom stereocenters. The third-order valence-electron chi connectivity index (χ3n) is 9.66. The smallest absolute Gasteiger partial charge is 0.335 e. The molecule has 0 heterocycles. The average Bonchev–Trinajstić information content (AvgIpc) is 3.00. The number of ether oxygens (including phenoxy) is 2. The van der Waals surface area contributed by atoms with Gasteiger partial charge in [0.05, 0.1) is 25.4 Å². The first-order valence-electron chi connectivity index (χ1n) is 16.2. The number of carbonyl (C=O) groups excluding carboxylic acids is 2. The van der Waals surface area contributed by atoms with E-state index in [-0.39, 0.29) is 24.7 Å². The van der Waals surface area contributed by atoms with Gasteiger partial charge >= 0.3 is 11.9 Å². The maximum absolute atomic E-state index is 12.1. The van der Waals surface area contributed by atoms with Crippen molar-refractivity contribution in [1.29, 1.82) is 0 Å². The summed E-state index contributed by atoms with van der Waals surface area (Å²) in [6, 6.07) is 9.37. The lowest BCUT2D eigenvalue weighted by Crippen LogP contribution is -2.33. The van der Waals surface area contributed by atoms with Gasteiger partial charge in [-0.2, -0.15) is 0 Å². The summed E-state index contributed by atoms with van der Waals surface area (Å²) in [5.74, 6) is 1.72. The minimum atomic E-state index is -0.589. The van der Waals surface area contributed by atoms with Crippen molar-refractivity contribution in [3.05, 3.63) is 59.7 Å². The van der Waals surface area contributed by atoms with Crippen LogP contribution in [0.25, 0.3) is 0 Å². The zero-order valence-electron chi connectivity index (χ0n) is 25.7. The van der Waals surface area contributed by atoms with Crippen molar-refractivity contribution < 1.29 is 24.2 Å². The fraction of sp³-hybridized carbons (Fsp3) is 0.667. The monoisotopic (exact) mass is 566 g/mol. The lowest BCUT2D eigenvalue weighted by atomic mass is 9.67. The zero-order valence-corrected chi connectivity index (χ0v) is 25.7. The lowest BCUT2D eigenvalue weighted by molar-refractivity contribution is -0.146. The van der Waals surface area contributed by atoms with E-state index in [1.54, 1.807) is 6.92 Å². The fourth-order valence-electron chi connectivity index (χ4n) is 6.83. The molecule has 3 rings (SSSR count). The highest BCUT2D eigenvalue weighted by molar-refractivity contribution is 5.88. The first-order chi connectivity index (χ1) is 19.8. The Bertz CT molecular complexity index is 964. The predicted molar refractivity (Wildman–Crippen MR) is 165 cm³/mol. The second-order valence-corrected chi connectivity index (χ2v) is 12.8. The van der Waals surface area contributed by atoms with E-state index in [0.717, 1.165) is 30.6 Å². The number of carbonyl (C=O) groups is 2. The number of rotatable bonds is 16. The molecular weight excluding hydrogens is 512 g/mol. The topological polar surface area (TPSA) is 72.8 Å². The van der Waals surface area contributed by atoms with Gasteiger partial charge in [-0.3, -0.25) is 0 Å². The van der Waals surface area contributed by atoms with Gasteiger partial charge in [0, 0.05) is 11.5 Å². The normalized spacial score (nSPS) is 23.4. The highest BCUT2D eigenvalue weighted by Crippen LogP contribution is 2.43. The molecule has 0 saturated heterocycles. The molecule has 1 N–H and O–H groups in total. The van der Waals surface area contributed by atoms with Crippen molar-refractivity contribution in [2.24, 2.45) is 29.6 Å². The maximum atomic E-state index is 12.1. The van der Waals surface area contributed by atoms with Crippen molar-refractivity contribution in [3.63, 3.8) is 0 Å².